The highest BCUT2D eigenvalue weighted by molar-refractivity contribution is 9.10. The first-order valence-corrected chi connectivity index (χ1v) is 6.95. The van der Waals surface area contributed by atoms with Gasteiger partial charge in [0.05, 0.1) is 0 Å². The topological polar surface area (TPSA) is 29.5 Å². The number of rotatable bonds is 3. The van der Waals surface area contributed by atoms with Crippen LogP contribution in [0.4, 0.5) is 0 Å². The van der Waals surface area contributed by atoms with E-state index in [0.29, 0.717) is 0 Å². The van der Waals surface area contributed by atoms with E-state index in [2.05, 4.69) is 15.9 Å². The van der Waals surface area contributed by atoms with Crippen molar-refractivity contribution in [1.29, 1.82) is 0 Å². The second-order valence-corrected chi connectivity index (χ2v) is 6.01. The van der Waals surface area contributed by atoms with Gasteiger partial charge in [-0.15, -0.1) is 0 Å². The fraction of sp³-hybridized carbons (Fsp3) is 0.538. The Balaban J connectivity index is 2.17. The summed E-state index contributed by atoms with van der Waals surface area (Å²) in [6.07, 6.45) is 2.62. The Morgan fingerprint density at radius 1 is 1.35 bits per heavy atom. The van der Waals surface area contributed by atoms with Crippen molar-refractivity contribution >= 4 is 27.5 Å². The van der Waals surface area contributed by atoms with E-state index < -0.39 is 0 Å². The van der Waals surface area contributed by atoms with E-state index in [9.17, 15) is 5.11 Å². The van der Waals surface area contributed by atoms with Gasteiger partial charge in [0.2, 0.25) is 0 Å². The first-order valence-electron chi connectivity index (χ1n) is 5.78. The minimum atomic E-state index is -0.0598. The van der Waals surface area contributed by atoms with Crippen LogP contribution in [0.1, 0.15) is 18.4 Å². The van der Waals surface area contributed by atoms with Crippen LogP contribution >= 0.6 is 27.5 Å². The molecule has 1 N–H and O–H groups in total. The molecule has 1 aliphatic rings. The standard InChI is InChI=1S/C13H16BrClO2/c14-11-2-1-10(12(15)7-11)8-13(9-16)3-5-17-6-4-13/h1-2,7,16H,3-6,8-9H2. The van der Waals surface area contributed by atoms with Gasteiger partial charge in [0.25, 0.3) is 0 Å². The minimum absolute atomic E-state index is 0.0598. The summed E-state index contributed by atoms with van der Waals surface area (Å²) in [7, 11) is 0. The van der Waals surface area contributed by atoms with Crippen molar-refractivity contribution in [2.45, 2.75) is 19.3 Å². The second kappa shape index (κ2) is 5.70. The third kappa shape index (κ3) is 3.22. The van der Waals surface area contributed by atoms with Crippen LogP contribution in [-0.4, -0.2) is 24.9 Å². The molecule has 0 saturated carbocycles. The Morgan fingerprint density at radius 2 is 2.06 bits per heavy atom. The Labute approximate surface area is 115 Å². The van der Waals surface area contributed by atoms with Gasteiger partial charge < -0.3 is 9.84 Å². The average molecular weight is 320 g/mol. The summed E-state index contributed by atoms with van der Waals surface area (Å²) >= 11 is 9.62. The largest absolute Gasteiger partial charge is 0.396 e. The van der Waals surface area contributed by atoms with Gasteiger partial charge in [-0.05, 0) is 37.0 Å². The molecule has 0 unspecified atom stereocenters. The van der Waals surface area contributed by atoms with E-state index in [1.165, 1.54) is 0 Å². The molecule has 1 fully saturated rings. The third-order valence-corrected chi connectivity index (χ3v) is 4.31. The van der Waals surface area contributed by atoms with E-state index in [-0.39, 0.29) is 12.0 Å². The molecular weight excluding hydrogens is 303 g/mol. The summed E-state index contributed by atoms with van der Waals surface area (Å²) < 4.78 is 6.34. The molecule has 2 nitrogen and oxygen atoms in total. The molecule has 94 valence electrons. The lowest BCUT2D eigenvalue weighted by Crippen LogP contribution is -2.35. The van der Waals surface area contributed by atoms with Crippen molar-refractivity contribution < 1.29 is 9.84 Å². The predicted octanol–water partition coefficient (Wildman–Crippen LogP) is 3.43. The van der Waals surface area contributed by atoms with E-state index in [0.717, 1.165) is 47.5 Å². The summed E-state index contributed by atoms with van der Waals surface area (Å²) in [4.78, 5) is 0. The predicted molar refractivity (Wildman–Crippen MR) is 72.4 cm³/mol. The Bertz CT molecular complexity index is 389. The smallest absolute Gasteiger partial charge is 0.0492 e. The Kier molecular flexibility index (Phi) is 4.47. The minimum Gasteiger partial charge on any atom is -0.396 e. The van der Waals surface area contributed by atoms with Crippen molar-refractivity contribution in [2.75, 3.05) is 19.8 Å². The summed E-state index contributed by atoms with van der Waals surface area (Å²) in [5.41, 5.74) is 1.04. The Morgan fingerprint density at radius 3 is 2.65 bits per heavy atom. The van der Waals surface area contributed by atoms with Crippen molar-refractivity contribution in [3.63, 3.8) is 0 Å². The first kappa shape index (κ1) is 13.3. The van der Waals surface area contributed by atoms with Crippen LogP contribution in [0.2, 0.25) is 5.02 Å². The van der Waals surface area contributed by atoms with Crippen LogP contribution < -0.4 is 0 Å². The molecule has 0 bridgehead atoms. The maximum Gasteiger partial charge on any atom is 0.0492 e. The quantitative estimate of drug-likeness (QED) is 0.925. The van der Waals surface area contributed by atoms with Crippen molar-refractivity contribution in [3.05, 3.63) is 33.3 Å². The Hall–Kier alpha value is -0.0900. The zero-order valence-electron chi connectivity index (χ0n) is 9.59. The molecule has 1 heterocycles. The zero-order valence-corrected chi connectivity index (χ0v) is 11.9. The van der Waals surface area contributed by atoms with Gasteiger partial charge in [0.1, 0.15) is 0 Å². The van der Waals surface area contributed by atoms with Crippen LogP contribution in [0.3, 0.4) is 0 Å². The average Bonchev–Trinajstić information content (AvgIpc) is 2.34. The number of hydrogen-bond acceptors (Lipinski definition) is 2. The monoisotopic (exact) mass is 318 g/mol. The maximum absolute atomic E-state index is 9.64. The van der Waals surface area contributed by atoms with Crippen LogP contribution in [0.25, 0.3) is 0 Å². The third-order valence-electron chi connectivity index (χ3n) is 3.47. The summed E-state index contributed by atoms with van der Waals surface area (Å²) in [5.74, 6) is 0. The van der Waals surface area contributed by atoms with Gasteiger partial charge in [-0.25, -0.2) is 0 Å². The first-order chi connectivity index (χ1) is 8.15. The molecule has 0 radical (unpaired) electrons. The molecule has 1 aromatic carbocycles. The molecule has 1 aromatic rings. The molecule has 0 aliphatic carbocycles. The van der Waals surface area contributed by atoms with Crippen LogP contribution in [0, 0.1) is 5.41 Å². The number of halogens is 2. The van der Waals surface area contributed by atoms with Gasteiger partial charge in [-0.1, -0.05) is 33.6 Å². The highest BCUT2D eigenvalue weighted by Crippen LogP contribution is 2.36. The molecule has 0 amide bonds. The number of aliphatic hydroxyl groups excluding tert-OH is 1. The molecule has 4 heteroatoms. The number of hydrogen-bond donors (Lipinski definition) is 1. The highest BCUT2D eigenvalue weighted by Gasteiger charge is 2.32. The lowest BCUT2D eigenvalue weighted by molar-refractivity contribution is -0.0157. The van der Waals surface area contributed by atoms with Gasteiger partial charge in [-0.3, -0.25) is 0 Å². The molecule has 2 rings (SSSR count). The van der Waals surface area contributed by atoms with E-state index in [4.69, 9.17) is 16.3 Å². The van der Waals surface area contributed by atoms with Gasteiger partial charge in [-0.2, -0.15) is 0 Å². The van der Waals surface area contributed by atoms with Crippen molar-refractivity contribution in [3.8, 4) is 0 Å². The van der Waals surface area contributed by atoms with Crippen LogP contribution in [0.5, 0.6) is 0 Å². The van der Waals surface area contributed by atoms with E-state index >= 15 is 0 Å². The van der Waals surface area contributed by atoms with Gasteiger partial charge >= 0.3 is 0 Å². The maximum atomic E-state index is 9.64. The molecule has 1 saturated heterocycles. The molecule has 1 aliphatic heterocycles. The lowest BCUT2D eigenvalue weighted by atomic mass is 9.76. The molecule has 17 heavy (non-hydrogen) atoms. The number of benzene rings is 1. The summed E-state index contributed by atoms with van der Waals surface area (Å²) in [6, 6.07) is 5.92. The highest BCUT2D eigenvalue weighted by atomic mass is 79.9. The van der Waals surface area contributed by atoms with Crippen molar-refractivity contribution in [1.82, 2.24) is 0 Å². The fourth-order valence-corrected chi connectivity index (χ4v) is 3.00. The van der Waals surface area contributed by atoms with E-state index in [1.54, 1.807) is 0 Å². The lowest BCUT2D eigenvalue weighted by Gasteiger charge is -2.35. The molecule has 0 atom stereocenters. The SMILES string of the molecule is OCC1(Cc2ccc(Br)cc2Cl)CCOCC1. The van der Waals surface area contributed by atoms with Crippen LogP contribution in [0.15, 0.2) is 22.7 Å². The number of ether oxygens (including phenoxy) is 1. The molecule has 0 aromatic heterocycles. The van der Waals surface area contributed by atoms with Gasteiger partial charge in [0, 0.05) is 34.7 Å². The van der Waals surface area contributed by atoms with E-state index in [1.807, 2.05) is 18.2 Å². The second-order valence-electron chi connectivity index (χ2n) is 4.68. The molecule has 0 spiro atoms. The summed E-state index contributed by atoms with van der Waals surface area (Å²) in [5, 5.41) is 10.4. The normalized spacial score (nSPS) is 19.2. The number of aliphatic hydroxyl groups is 1. The van der Waals surface area contributed by atoms with Crippen molar-refractivity contribution in [2.24, 2.45) is 5.41 Å². The summed E-state index contributed by atoms with van der Waals surface area (Å²) in [6.45, 7) is 1.66. The fourth-order valence-electron chi connectivity index (χ4n) is 2.26. The van der Waals surface area contributed by atoms with Crippen LogP contribution in [-0.2, 0) is 11.2 Å². The zero-order chi connectivity index (χ0) is 12.3. The van der Waals surface area contributed by atoms with Gasteiger partial charge in [0.15, 0.2) is 0 Å². The molecular formula is C13H16BrClO2.